The Morgan fingerprint density at radius 3 is 2.48 bits per heavy atom. The SMILES string of the molecule is Cc1cc(C)cc(Oc2ccc(N)c3cc(Br)cnc23)c1. The maximum atomic E-state index is 6.02. The normalized spacial score (nSPS) is 10.8. The molecule has 0 fully saturated rings. The van der Waals surface area contributed by atoms with Crippen LogP contribution in [-0.2, 0) is 0 Å². The van der Waals surface area contributed by atoms with Crippen molar-refractivity contribution in [1.29, 1.82) is 0 Å². The molecule has 106 valence electrons. The fourth-order valence-electron chi connectivity index (χ4n) is 2.39. The van der Waals surface area contributed by atoms with E-state index in [9.17, 15) is 0 Å². The van der Waals surface area contributed by atoms with E-state index in [1.807, 2.05) is 30.3 Å². The van der Waals surface area contributed by atoms with Crippen LogP contribution in [-0.4, -0.2) is 4.98 Å². The molecule has 0 amide bonds. The average Bonchev–Trinajstić information content (AvgIpc) is 2.41. The van der Waals surface area contributed by atoms with Crippen molar-refractivity contribution in [3.05, 3.63) is 58.2 Å². The summed E-state index contributed by atoms with van der Waals surface area (Å²) >= 11 is 3.42. The fourth-order valence-corrected chi connectivity index (χ4v) is 2.72. The van der Waals surface area contributed by atoms with Gasteiger partial charge in [-0.05, 0) is 71.2 Å². The first-order chi connectivity index (χ1) is 10.0. The summed E-state index contributed by atoms with van der Waals surface area (Å²) in [5.41, 5.74) is 9.80. The molecule has 2 aromatic carbocycles. The minimum atomic E-state index is 0.687. The third kappa shape index (κ3) is 2.85. The molecule has 0 aliphatic heterocycles. The molecule has 0 aliphatic rings. The van der Waals surface area contributed by atoms with E-state index in [0.29, 0.717) is 11.4 Å². The van der Waals surface area contributed by atoms with Crippen molar-refractivity contribution in [3.8, 4) is 11.5 Å². The molecular formula is C17H15BrN2O. The van der Waals surface area contributed by atoms with Crippen LogP contribution in [0.1, 0.15) is 11.1 Å². The standard InChI is InChI=1S/C17H15BrN2O/c1-10-5-11(2)7-13(6-10)21-16-4-3-15(19)14-8-12(18)9-20-17(14)16/h3-9H,19H2,1-2H3. The van der Waals surface area contributed by atoms with Crippen molar-refractivity contribution >= 4 is 32.5 Å². The molecule has 1 aromatic heterocycles. The summed E-state index contributed by atoms with van der Waals surface area (Å²) in [6.45, 7) is 4.10. The molecule has 0 aliphatic carbocycles. The van der Waals surface area contributed by atoms with Crippen LogP contribution in [0.2, 0.25) is 0 Å². The van der Waals surface area contributed by atoms with Gasteiger partial charge in [0, 0.05) is 21.7 Å². The Hall–Kier alpha value is -2.07. The van der Waals surface area contributed by atoms with Gasteiger partial charge in [0.2, 0.25) is 0 Å². The number of rotatable bonds is 2. The fraction of sp³-hybridized carbons (Fsp3) is 0.118. The number of hydrogen-bond donors (Lipinski definition) is 1. The number of nitrogen functional groups attached to an aromatic ring is 1. The second-order valence-electron chi connectivity index (χ2n) is 5.13. The third-order valence-corrected chi connectivity index (χ3v) is 3.67. The Kier molecular flexibility index (Phi) is 3.55. The first kappa shape index (κ1) is 13.9. The zero-order chi connectivity index (χ0) is 15.0. The Balaban J connectivity index is 2.10. The molecule has 0 bridgehead atoms. The topological polar surface area (TPSA) is 48.1 Å². The number of fused-ring (bicyclic) bond motifs is 1. The van der Waals surface area contributed by atoms with Crippen LogP contribution >= 0.6 is 15.9 Å². The number of nitrogens with zero attached hydrogens (tertiary/aromatic N) is 1. The van der Waals surface area contributed by atoms with Gasteiger partial charge in [-0.15, -0.1) is 0 Å². The predicted molar refractivity (Wildman–Crippen MR) is 89.8 cm³/mol. The number of ether oxygens (including phenoxy) is 1. The van der Waals surface area contributed by atoms with Gasteiger partial charge in [0.05, 0.1) is 0 Å². The highest BCUT2D eigenvalue weighted by molar-refractivity contribution is 9.10. The Bertz CT molecular complexity index is 810. The van der Waals surface area contributed by atoms with Gasteiger partial charge < -0.3 is 10.5 Å². The van der Waals surface area contributed by atoms with E-state index in [4.69, 9.17) is 10.5 Å². The van der Waals surface area contributed by atoms with E-state index in [1.54, 1.807) is 6.20 Å². The molecule has 0 saturated heterocycles. The number of benzene rings is 2. The zero-order valence-corrected chi connectivity index (χ0v) is 13.4. The second-order valence-corrected chi connectivity index (χ2v) is 6.04. The number of hydrogen-bond acceptors (Lipinski definition) is 3. The van der Waals surface area contributed by atoms with E-state index in [-0.39, 0.29) is 0 Å². The summed E-state index contributed by atoms with van der Waals surface area (Å²) in [5, 5.41) is 0.881. The third-order valence-electron chi connectivity index (χ3n) is 3.24. The van der Waals surface area contributed by atoms with Crippen LogP contribution in [0.3, 0.4) is 0 Å². The van der Waals surface area contributed by atoms with Gasteiger partial charge in [-0.1, -0.05) is 6.07 Å². The summed E-state index contributed by atoms with van der Waals surface area (Å²) in [5.74, 6) is 1.51. The minimum Gasteiger partial charge on any atom is -0.455 e. The van der Waals surface area contributed by atoms with Crippen molar-refractivity contribution in [3.63, 3.8) is 0 Å². The van der Waals surface area contributed by atoms with Crippen molar-refractivity contribution in [2.45, 2.75) is 13.8 Å². The minimum absolute atomic E-state index is 0.687. The van der Waals surface area contributed by atoms with E-state index >= 15 is 0 Å². The van der Waals surface area contributed by atoms with Crippen LogP contribution in [0.25, 0.3) is 10.9 Å². The van der Waals surface area contributed by atoms with Gasteiger partial charge in [-0.2, -0.15) is 0 Å². The van der Waals surface area contributed by atoms with E-state index in [0.717, 1.165) is 21.1 Å². The first-order valence-electron chi connectivity index (χ1n) is 6.63. The zero-order valence-electron chi connectivity index (χ0n) is 11.9. The lowest BCUT2D eigenvalue weighted by Gasteiger charge is -2.11. The van der Waals surface area contributed by atoms with Crippen molar-refractivity contribution in [2.75, 3.05) is 5.73 Å². The van der Waals surface area contributed by atoms with Gasteiger partial charge in [-0.3, -0.25) is 4.98 Å². The van der Waals surface area contributed by atoms with Crippen molar-refractivity contribution in [1.82, 2.24) is 4.98 Å². The average molecular weight is 343 g/mol. The number of halogens is 1. The smallest absolute Gasteiger partial charge is 0.153 e. The van der Waals surface area contributed by atoms with Crippen LogP contribution in [0.5, 0.6) is 11.5 Å². The number of anilines is 1. The quantitative estimate of drug-likeness (QED) is 0.667. The molecule has 0 unspecified atom stereocenters. The maximum absolute atomic E-state index is 6.02. The second kappa shape index (κ2) is 5.37. The highest BCUT2D eigenvalue weighted by Crippen LogP contribution is 2.33. The van der Waals surface area contributed by atoms with E-state index in [1.165, 1.54) is 11.1 Å². The summed E-state index contributed by atoms with van der Waals surface area (Å²) < 4.78 is 6.91. The number of pyridine rings is 1. The van der Waals surface area contributed by atoms with Gasteiger partial charge in [0.25, 0.3) is 0 Å². The van der Waals surface area contributed by atoms with Crippen molar-refractivity contribution in [2.24, 2.45) is 0 Å². The number of aromatic nitrogens is 1. The molecule has 3 aromatic rings. The summed E-state index contributed by atoms with van der Waals surface area (Å²) in [7, 11) is 0. The predicted octanol–water partition coefficient (Wildman–Crippen LogP) is 4.99. The Morgan fingerprint density at radius 2 is 1.76 bits per heavy atom. The molecular weight excluding hydrogens is 328 g/mol. The molecule has 2 N–H and O–H groups in total. The molecule has 0 saturated carbocycles. The summed E-state index contributed by atoms with van der Waals surface area (Å²) in [6, 6.07) is 11.8. The monoisotopic (exact) mass is 342 g/mol. The molecule has 4 heteroatoms. The highest BCUT2D eigenvalue weighted by atomic mass is 79.9. The maximum Gasteiger partial charge on any atom is 0.153 e. The van der Waals surface area contributed by atoms with Crippen LogP contribution in [0.15, 0.2) is 47.1 Å². The summed E-state index contributed by atoms with van der Waals surface area (Å²) in [4.78, 5) is 4.43. The van der Waals surface area contributed by atoms with Crippen LogP contribution < -0.4 is 10.5 Å². The lowest BCUT2D eigenvalue weighted by molar-refractivity contribution is 0.486. The van der Waals surface area contributed by atoms with Crippen LogP contribution in [0.4, 0.5) is 5.69 Å². The van der Waals surface area contributed by atoms with E-state index in [2.05, 4.69) is 40.8 Å². The molecule has 21 heavy (non-hydrogen) atoms. The molecule has 3 rings (SSSR count). The molecule has 0 radical (unpaired) electrons. The molecule has 3 nitrogen and oxygen atoms in total. The van der Waals surface area contributed by atoms with Crippen LogP contribution in [0, 0.1) is 13.8 Å². The molecule has 0 atom stereocenters. The summed E-state index contributed by atoms with van der Waals surface area (Å²) in [6.07, 6.45) is 1.75. The highest BCUT2D eigenvalue weighted by Gasteiger charge is 2.09. The van der Waals surface area contributed by atoms with Gasteiger partial charge in [0.15, 0.2) is 5.75 Å². The Labute approximate surface area is 131 Å². The number of nitrogens with two attached hydrogens (primary N) is 1. The first-order valence-corrected chi connectivity index (χ1v) is 7.42. The van der Waals surface area contributed by atoms with Gasteiger partial charge in [0.1, 0.15) is 11.3 Å². The molecule has 1 heterocycles. The molecule has 0 spiro atoms. The van der Waals surface area contributed by atoms with Gasteiger partial charge in [-0.25, -0.2) is 0 Å². The Morgan fingerprint density at radius 1 is 1.05 bits per heavy atom. The van der Waals surface area contributed by atoms with E-state index < -0.39 is 0 Å². The van der Waals surface area contributed by atoms with Gasteiger partial charge >= 0.3 is 0 Å². The largest absolute Gasteiger partial charge is 0.455 e. The lowest BCUT2D eigenvalue weighted by atomic mass is 10.1. The lowest BCUT2D eigenvalue weighted by Crippen LogP contribution is -1.93. The van der Waals surface area contributed by atoms with Crippen molar-refractivity contribution < 1.29 is 4.74 Å². The number of aryl methyl sites for hydroxylation is 2.